The second kappa shape index (κ2) is 13.2. The van der Waals surface area contributed by atoms with E-state index in [0.29, 0.717) is 6.10 Å². The third-order valence-electron chi connectivity index (χ3n) is 4.95. The summed E-state index contributed by atoms with van der Waals surface area (Å²) in [6, 6.07) is 8.58. The molecule has 1 saturated heterocycles. The molecule has 1 aromatic carbocycles. The zero-order valence-corrected chi connectivity index (χ0v) is 19.7. The van der Waals surface area contributed by atoms with Crippen molar-refractivity contribution in [1.82, 2.24) is 10.2 Å². The van der Waals surface area contributed by atoms with E-state index in [0.717, 1.165) is 64.7 Å². The van der Waals surface area contributed by atoms with Gasteiger partial charge in [-0.1, -0.05) is 18.2 Å². The minimum atomic E-state index is 0. The summed E-state index contributed by atoms with van der Waals surface area (Å²) in [5.74, 6) is 1.04. The minimum Gasteiger partial charge on any atom is -0.378 e. The molecule has 1 aromatic rings. The zero-order valence-electron chi connectivity index (χ0n) is 17.4. The molecule has 1 fully saturated rings. The van der Waals surface area contributed by atoms with Gasteiger partial charge in [0.15, 0.2) is 5.96 Å². The summed E-state index contributed by atoms with van der Waals surface area (Å²) in [6.07, 6.45) is 2.58. The Hall–Kier alpha value is -1.02. The molecule has 1 aliphatic heterocycles. The van der Waals surface area contributed by atoms with Crippen molar-refractivity contribution in [2.45, 2.75) is 46.6 Å². The molecule has 0 aromatic heterocycles. The molecule has 0 amide bonds. The van der Waals surface area contributed by atoms with E-state index in [1.54, 1.807) is 0 Å². The van der Waals surface area contributed by atoms with E-state index in [2.05, 4.69) is 67.1 Å². The Morgan fingerprint density at radius 2 is 1.93 bits per heavy atom. The number of likely N-dealkylation sites (tertiary alicyclic amines) is 1. The third-order valence-corrected chi connectivity index (χ3v) is 4.95. The normalized spacial score (nSPS) is 15.4. The van der Waals surface area contributed by atoms with Crippen molar-refractivity contribution in [3.63, 3.8) is 0 Å². The van der Waals surface area contributed by atoms with Crippen LogP contribution < -0.4 is 10.2 Å². The number of hydrogen-bond acceptors (Lipinski definition) is 3. The number of aliphatic imine (C=N–C) groups is 1. The molecular formula is C21H37IN4O. The van der Waals surface area contributed by atoms with Gasteiger partial charge >= 0.3 is 0 Å². The molecule has 1 N–H and O–H groups in total. The molecule has 0 saturated carbocycles. The lowest BCUT2D eigenvalue weighted by molar-refractivity contribution is 0.0264. The first-order chi connectivity index (χ1) is 12.7. The Labute approximate surface area is 182 Å². The van der Waals surface area contributed by atoms with Crippen molar-refractivity contribution in [2.75, 3.05) is 50.8 Å². The maximum atomic E-state index is 5.76. The third kappa shape index (κ3) is 7.49. The number of rotatable bonds is 8. The topological polar surface area (TPSA) is 40.1 Å². The molecule has 6 heteroatoms. The lowest BCUT2D eigenvalue weighted by Gasteiger charge is -2.34. The van der Waals surface area contributed by atoms with Gasteiger partial charge in [0, 0.05) is 45.0 Å². The van der Waals surface area contributed by atoms with E-state index >= 15 is 0 Å². The summed E-state index contributed by atoms with van der Waals surface area (Å²) in [6.45, 7) is 15.1. The number of hydrogen-bond donors (Lipinski definition) is 1. The number of para-hydroxylation sites is 1. The number of benzene rings is 1. The Balaban J connectivity index is 0.00000364. The fourth-order valence-electron chi connectivity index (χ4n) is 3.54. The molecule has 5 nitrogen and oxygen atoms in total. The van der Waals surface area contributed by atoms with Crippen molar-refractivity contribution >= 4 is 35.6 Å². The second-order valence-corrected chi connectivity index (χ2v) is 6.74. The highest BCUT2D eigenvalue weighted by atomic mass is 127. The van der Waals surface area contributed by atoms with Crippen LogP contribution in [0.25, 0.3) is 0 Å². The predicted molar refractivity (Wildman–Crippen MR) is 127 cm³/mol. The molecule has 0 spiro atoms. The Bertz CT molecular complexity index is 559. The summed E-state index contributed by atoms with van der Waals surface area (Å²) >= 11 is 0. The average Bonchev–Trinajstić information content (AvgIpc) is 2.66. The van der Waals surface area contributed by atoms with Gasteiger partial charge in [0.05, 0.1) is 12.6 Å². The van der Waals surface area contributed by atoms with E-state index < -0.39 is 0 Å². The van der Waals surface area contributed by atoms with Crippen LogP contribution in [0, 0.1) is 6.92 Å². The van der Waals surface area contributed by atoms with Gasteiger partial charge in [-0.25, -0.2) is 0 Å². The average molecular weight is 488 g/mol. The first-order valence-electron chi connectivity index (χ1n) is 10.1. The number of guanidine groups is 1. The highest BCUT2D eigenvalue weighted by Gasteiger charge is 2.21. The van der Waals surface area contributed by atoms with Crippen molar-refractivity contribution < 1.29 is 4.74 Å². The number of ether oxygens (including phenoxy) is 1. The lowest BCUT2D eigenvalue weighted by Crippen LogP contribution is -2.47. The Morgan fingerprint density at radius 1 is 1.22 bits per heavy atom. The molecule has 0 aliphatic carbocycles. The highest BCUT2D eigenvalue weighted by molar-refractivity contribution is 14.0. The molecule has 0 unspecified atom stereocenters. The largest absolute Gasteiger partial charge is 0.378 e. The van der Waals surface area contributed by atoms with Crippen LogP contribution >= 0.6 is 24.0 Å². The Kier molecular flexibility index (Phi) is 11.7. The van der Waals surface area contributed by atoms with E-state index in [-0.39, 0.29) is 24.0 Å². The number of halogens is 1. The SMILES string of the molecule is CCNC(=NCCN(CC)c1ccccc1C)N1CCC(OCC)CC1.I. The van der Waals surface area contributed by atoms with Crippen LogP contribution in [0.4, 0.5) is 5.69 Å². The van der Waals surface area contributed by atoms with Gasteiger partial charge in [0.25, 0.3) is 0 Å². The summed E-state index contributed by atoms with van der Waals surface area (Å²) in [7, 11) is 0. The zero-order chi connectivity index (χ0) is 18.8. The van der Waals surface area contributed by atoms with Gasteiger partial charge in [-0.05, 0) is 52.2 Å². The molecule has 1 aliphatic rings. The predicted octanol–water partition coefficient (Wildman–Crippen LogP) is 3.91. The fourth-order valence-corrected chi connectivity index (χ4v) is 3.54. The van der Waals surface area contributed by atoms with Crippen LogP contribution in [0.3, 0.4) is 0 Å². The standard InChI is InChI=1S/C21H36N4O.HI/c1-5-22-21(25-15-12-19(13-16-25)26-7-3)23-14-17-24(6-2)20-11-9-8-10-18(20)4;/h8-11,19H,5-7,12-17H2,1-4H3,(H,22,23);1H. The number of anilines is 1. The lowest BCUT2D eigenvalue weighted by atomic mass is 10.1. The maximum absolute atomic E-state index is 5.76. The van der Waals surface area contributed by atoms with E-state index in [4.69, 9.17) is 9.73 Å². The number of piperidine rings is 1. The first-order valence-corrected chi connectivity index (χ1v) is 10.1. The highest BCUT2D eigenvalue weighted by Crippen LogP contribution is 2.19. The van der Waals surface area contributed by atoms with E-state index in [1.165, 1.54) is 11.3 Å². The summed E-state index contributed by atoms with van der Waals surface area (Å²) in [5, 5.41) is 3.46. The van der Waals surface area contributed by atoms with Crippen molar-refractivity contribution in [3.8, 4) is 0 Å². The molecule has 0 radical (unpaired) electrons. The molecular weight excluding hydrogens is 451 g/mol. The summed E-state index contributed by atoms with van der Waals surface area (Å²) in [5.41, 5.74) is 2.64. The van der Waals surface area contributed by atoms with Crippen LogP contribution in [0.1, 0.15) is 39.2 Å². The van der Waals surface area contributed by atoms with Crippen LogP contribution in [0.15, 0.2) is 29.3 Å². The van der Waals surface area contributed by atoms with Gasteiger partial charge in [0.1, 0.15) is 0 Å². The maximum Gasteiger partial charge on any atom is 0.193 e. The van der Waals surface area contributed by atoms with Crippen molar-refractivity contribution in [1.29, 1.82) is 0 Å². The number of nitrogens with one attached hydrogen (secondary N) is 1. The van der Waals surface area contributed by atoms with Crippen LogP contribution in [0.5, 0.6) is 0 Å². The second-order valence-electron chi connectivity index (χ2n) is 6.74. The minimum absolute atomic E-state index is 0. The number of nitrogens with zero attached hydrogens (tertiary/aromatic N) is 3. The fraction of sp³-hybridized carbons (Fsp3) is 0.667. The van der Waals surface area contributed by atoms with Gasteiger partial charge in [0.2, 0.25) is 0 Å². The quantitative estimate of drug-likeness (QED) is 0.342. The van der Waals surface area contributed by atoms with Crippen LogP contribution in [-0.2, 0) is 4.74 Å². The van der Waals surface area contributed by atoms with Crippen LogP contribution in [0.2, 0.25) is 0 Å². The molecule has 2 rings (SSSR count). The van der Waals surface area contributed by atoms with Gasteiger partial charge in [-0.15, -0.1) is 24.0 Å². The molecule has 27 heavy (non-hydrogen) atoms. The summed E-state index contributed by atoms with van der Waals surface area (Å²) < 4.78 is 5.76. The molecule has 0 atom stereocenters. The monoisotopic (exact) mass is 488 g/mol. The van der Waals surface area contributed by atoms with E-state index in [9.17, 15) is 0 Å². The number of aryl methyl sites for hydroxylation is 1. The smallest absolute Gasteiger partial charge is 0.193 e. The first kappa shape index (κ1) is 24.0. The van der Waals surface area contributed by atoms with Gasteiger partial charge in [-0.3, -0.25) is 4.99 Å². The molecule has 0 bridgehead atoms. The van der Waals surface area contributed by atoms with E-state index in [1.807, 2.05) is 0 Å². The van der Waals surface area contributed by atoms with Gasteiger partial charge < -0.3 is 19.9 Å². The number of likely N-dealkylation sites (N-methyl/N-ethyl adjacent to an activating group) is 1. The molecule has 1 heterocycles. The van der Waals surface area contributed by atoms with Crippen molar-refractivity contribution in [3.05, 3.63) is 29.8 Å². The summed E-state index contributed by atoms with van der Waals surface area (Å²) in [4.78, 5) is 9.68. The van der Waals surface area contributed by atoms with Crippen molar-refractivity contribution in [2.24, 2.45) is 4.99 Å². The molecule has 154 valence electrons. The van der Waals surface area contributed by atoms with Gasteiger partial charge in [-0.2, -0.15) is 0 Å². The van der Waals surface area contributed by atoms with Crippen LogP contribution in [-0.4, -0.2) is 62.8 Å². The Morgan fingerprint density at radius 3 is 2.52 bits per heavy atom.